The molecule has 0 radical (unpaired) electrons. The van der Waals surface area contributed by atoms with E-state index >= 15 is 0 Å². The number of benzene rings is 1. The van der Waals surface area contributed by atoms with Crippen LogP contribution in [0, 0.1) is 0 Å². The predicted molar refractivity (Wildman–Crippen MR) is 96.9 cm³/mol. The van der Waals surface area contributed by atoms with E-state index in [1.54, 1.807) is 12.0 Å². The van der Waals surface area contributed by atoms with Crippen molar-refractivity contribution in [2.24, 2.45) is 0 Å². The zero-order chi connectivity index (χ0) is 17.6. The number of carbonyl (C=O) groups excluding carboxylic acids is 2. The molecule has 0 spiro atoms. The smallest absolute Gasteiger partial charge is 0.317 e. The molecule has 2 aliphatic rings. The highest BCUT2D eigenvalue weighted by molar-refractivity contribution is 5.98. The molecule has 6 nitrogen and oxygen atoms in total. The van der Waals surface area contributed by atoms with E-state index in [1.165, 1.54) is 19.3 Å². The molecule has 0 saturated carbocycles. The Bertz CT molecular complexity index is 612. The van der Waals surface area contributed by atoms with Crippen LogP contribution in [0.2, 0.25) is 0 Å². The molecule has 3 amide bonds. The molecule has 6 heteroatoms. The molecular formula is C19H27N3O3. The maximum absolute atomic E-state index is 12.6. The molecule has 0 aliphatic carbocycles. The highest BCUT2D eigenvalue weighted by Gasteiger charge is 2.33. The van der Waals surface area contributed by atoms with Gasteiger partial charge in [0.25, 0.3) is 0 Å². The van der Waals surface area contributed by atoms with E-state index in [0.29, 0.717) is 18.7 Å². The Balaban J connectivity index is 1.61. The lowest BCUT2D eigenvalue weighted by molar-refractivity contribution is -0.117. The highest BCUT2D eigenvalue weighted by Crippen LogP contribution is 2.31. The summed E-state index contributed by atoms with van der Waals surface area (Å²) in [6, 6.07) is 7.28. The van der Waals surface area contributed by atoms with Gasteiger partial charge in [-0.2, -0.15) is 0 Å². The first kappa shape index (κ1) is 17.6. The van der Waals surface area contributed by atoms with Gasteiger partial charge in [-0.3, -0.25) is 4.79 Å². The van der Waals surface area contributed by atoms with Crippen molar-refractivity contribution in [1.29, 1.82) is 0 Å². The minimum absolute atomic E-state index is 0.0162. The quantitative estimate of drug-likeness (QED) is 0.916. The number of anilines is 1. The standard InChI is InChI=1S/C19H27N3O3/c1-25-17-10-6-5-9-16(17)22-14-15(13-18(22)23)20-19(24)21-11-7-3-2-4-8-12-21/h5-6,9-10,15H,2-4,7-8,11-14H2,1H3,(H,20,24)/t15-/m1/s1. The van der Waals surface area contributed by atoms with Crippen LogP contribution in [-0.2, 0) is 4.79 Å². The zero-order valence-electron chi connectivity index (χ0n) is 14.9. The van der Waals surface area contributed by atoms with E-state index in [1.807, 2.05) is 29.2 Å². The van der Waals surface area contributed by atoms with Crippen molar-refractivity contribution < 1.29 is 14.3 Å². The van der Waals surface area contributed by atoms with Gasteiger partial charge in [-0.25, -0.2) is 4.79 Å². The van der Waals surface area contributed by atoms with Crippen molar-refractivity contribution in [2.45, 2.75) is 44.6 Å². The maximum Gasteiger partial charge on any atom is 0.317 e. The van der Waals surface area contributed by atoms with Crippen LogP contribution in [0.15, 0.2) is 24.3 Å². The summed E-state index contributed by atoms with van der Waals surface area (Å²) < 4.78 is 5.35. The first-order valence-electron chi connectivity index (χ1n) is 9.18. The van der Waals surface area contributed by atoms with Gasteiger partial charge in [0.15, 0.2) is 0 Å². The maximum atomic E-state index is 12.6. The normalized spacial score (nSPS) is 21.6. The molecule has 1 atom stereocenters. The molecule has 2 fully saturated rings. The van der Waals surface area contributed by atoms with E-state index in [9.17, 15) is 9.59 Å². The summed E-state index contributed by atoms with van der Waals surface area (Å²) in [7, 11) is 1.60. The van der Waals surface area contributed by atoms with Gasteiger partial charge in [0.2, 0.25) is 5.91 Å². The second-order valence-corrected chi connectivity index (χ2v) is 6.78. The lowest BCUT2D eigenvalue weighted by atomic mass is 10.1. The summed E-state index contributed by atoms with van der Waals surface area (Å²) in [5, 5.41) is 3.05. The fraction of sp³-hybridized carbons (Fsp3) is 0.579. The summed E-state index contributed by atoms with van der Waals surface area (Å²) in [5.74, 6) is 0.689. The van der Waals surface area contributed by atoms with Crippen molar-refractivity contribution in [3.63, 3.8) is 0 Å². The molecule has 1 aromatic rings. The van der Waals surface area contributed by atoms with E-state index in [-0.39, 0.29) is 18.0 Å². The molecular weight excluding hydrogens is 318 g/mol. The van der Waals surface area contributed by atoms with E-state index < -0.39 is 0 Å². The number of para-hydroxylation sites is 2. The Morgan fingerprint density at radius 3 is 2.52 bits per heavy atom. The van der Waals surface area contributed by atoms with Crippen molar-refractivity contribution in [3.05, 3.63) is 24.3 Å². The summed E-state index contributed by atoms with van der Waals surface area (Å²) in [4.78, 5) is 28.6. The van der Waals surface area contributed by atoms with Gasteiger partial charge in [-0.05, 0) is 25.0 Å². The predicted octanol–water partition coefficient (Wildman–Crippen LogP) is 2.78. The number of ether oxygens (including phenoxy) is 1. The van der Waals surface area contributed by atoms with Gasteiger partial charge in [-0.15, -0.1) is 0 Å². The van der Waals surface area contributed by atoms with Gasteiger partial charge in [-0.1, -0.05) is 31.4 Å². The second kappa shape index (κ2) is 8.23. The minimum atomic E-state index is -0.157. The molecule has 0 unspecified atom stereocenters. The van der Waals surface area contributed by atoms with Gasteiger partial charge >= 0.3 is 6.03 Å². The first-order valence-corrected chi connectivity index (χ1v) is 9.18. The van der Waals surface area contributed by atoms with Gasteiger partial charge in [0, 0.05) is 26.1 Å². The molecule has 2 aliphatic heterocycles. The van der Waals surface area contributed by atoms with Crippen molar-refractivity contribution in [2.75, 3.05) is 31.6 Å². The molecule has 1 aromatic carbocycles. The number of amides is 3. The lowest BCUT2D eigenvalue weighted by Crippen LogP contribution is -2.46. The fourth-order valence-corrected chi connectivity index (χ4v) is 3.61. The third kappa shape index (κ3) is 4.24. The number of urea groups is 1. The number of nitrogens with zero attached hydrogens (tertiary/aromatic N) is 2. The second-order valence-electron chi connectivity index (χ2n) is 6.78. The number of hydrogen-bond acceptors (Lipinski definition) is 3. The number of nitrogens with one attached hydrogen (secondary N) is 1. The van der Waals surface area contributed by atoms with Crippen LogP contribution in [0.25, 0.3) is 0 Å². The topological polar surface area (TPSA) is 61.9 Å². The Labute approximate surface area is 149 Å². The minimum Gasteiger partial charge on any atom is -0.495 e. The molecule has 25 heavy (non-hydrogen) atoms. The number of likely N-dealkylation sites (tertiary alicyclic amines) is 1. The summed E-state index contributed by atoms with van der Waals surface area (Å²) >= 11 is 0. The summed E-state index contributed by atoms with van der Waals surface area (Å²) in [6.07, 6.45) is 6.09. The van der Waals surface area contributed by atoms with Gasteiger partial charge in [0.05, 0.1) is 18.8 Å². The zero-order valence-corrected chi connectivity index (χ0v) is 14.9. The number of rotatable bonds is 3. The van der Waals surface area contributed by atoms with Gasteiger partial charge in [0.1, 0.15) is 5.75 Å². The van der Waals surface area contributed by atoms with E-state index in [4.69, 9.17) is 4.74 Å². The molecule has 3 rings (SSSR count). The number of methoxy groups -OCH3 is 1. The van der Waals surface area contributed by atoms with Crippen molar-refractivity contribution >= 4 is 17.6 Å². The average molecular weight is 345 g/mol. The molecule has 0 aromatic heterocycles. The Morgan fingerprint density at radius 2 is 1.80 bits per heavy atom. The molecule has 2 saturated heterocycles. The van der Waals surface area contributed by atoms with Crippen LogP contribution in [0.5, 0.6) is 5.75 Å². The van der Waals surface area contributed by atoms with Crippen LogP contribution >= 0.6 is 0 Å². The third-order valence-corrected chi connectivity index (χ3v) is 4.97. The Morgan fingerprint density at radius 1 is 1.12 bits per heavy atom. The number of hydrogen-bond donors (Lipinski definition) is 1. The fourth-order valence-electron chi connectivity index (χ4n) is 3.61. The van der Waals surface area contributed by atoms with Crippen molar-refractivity contribution in [3.8, 4) is 5.75 Å². The molecule has 2 heterocycles. The van der Waals surface area contributed by atoms with Crippen LogP contribution in [0.1, 0.15) is 38.5 Å². The largest absolute Gasteiger partial charge is 0.495 e. The van der Waals surface area contributed by atoms with E-state index in [0.717, 1.165) is 31.6 Å². The van der Waals surface area contributed by atoms with Crippen LogP contribution in [0.3, 0.4) is 0 Å². The molecule has 136 valence electrons. The van der Waals surface area contributed by atoms with Crippen molar-refractivity contribution in [1.82, 2.24) is 10.2 Å². The summed E-state index contributed by atoms with van der Waals surface area (Å²) in [6.45, 7) is 2.10. The van der Waals surface area contributed by atoms with Crippen LogP contribution in [0.4, 0.5) is 10.5 Å². The Kier molecular flexibility index (Phi) is 5.79. The van der Waals surface area contributed by atoms with Crippen LogP contribution in [-0.4, -0.2) is 49.6 Å². The monoisotopic (exact) mass is 345 g/mol. The Hall–Kier alpha value is -2.24. The third-order valence-electron chi connectivity index (χ3n) is 4.97. The highest BCUT2D eigenvalue weighted by atomic mass is 16.5. The number of carbonyl (C=O) groups is 2. The SMILES string of the molecule is COc1ccccc1N1C[C@H](NC(=O)N2CCCCCCC2)CC1=O. The molecule has 1 N–H and O–H groups in total. The van der Waals surface area contributed by atoms with E-state index in [2.05, 4.69) is 5.32 Å². The molecule has 0 bridgehead atoms. The lowest BCUT2D eigenvalue weighted by Gasteiger charge is -2.26. The first-order chi connectivity index (χ1) is 12.2. The average Bonchev–Trinajstić information content (AvgIpc) is 2.94. The van der Waals surface area contributed by atoms with Crippen LogP contribution < -0.4 is 15.0 Å². The van der Waals surface area contributed by atoms with Gasteiger partial charge < -0.3 is 19.9 Å². The summed E-state index contributed by atoms with van der Waals surface area (Å²) in [5.41, 5.74) is 0.762.